The van der Waals surface area contributed by atoms with Crippen molar-refractivity contribution in [3.63, 3.8) is 0 Å². The number of carbonyl (C=O) groups excluding carboxylic acids is 1. The Balaban J connectivity index is 2.86. The standard InChI is InChI=1S/C9H11N3O2/c1-3-8(13)11-7-5-4-6(14-2)9(10)12-7/h3-5H,1H2,2H3,(H3,10,11,12,13). The van der Waals surface area contributed by atoms with Crippen molar-refractivity contribution in [1.82, 2.24) is 4.98 Å². The van der Waals surface area contributed by atoms with Crippen LogP contribution in [0.15, 0.2) is 24.8 Å². The van der Waals surface area contributed by atoms with E-state index >= 15 is 0 Å². The summed E-state index contributed by atoms with van der Waals surface area (Å²) in [5.41, 5.74) is 5.54. The number of amides is 1. The fourth-order valence-corrected chi connectivity index (χ4v) is 0.882. The smallest absolute Gasteiger partial charge is 0.248 e. The average Bonchev–Trinajstić information content (AvgIpc) is 2.18. The molecule has 5 heteroatoms. The molecule has 5 nitrogen and oxygen atoms in total. The third-order valence-corrected chi connectivity index (χ3v) is 1.54. The SMILES string of the molecule is C=CC(=O)Nc1ccc(OC)c(N)n1. The van der Waals surface area contributed by atoms with Gasteiger partial charge in [0.15, 0.2) is 11.6 Å². The number of nitrogen functional groups attached to an aromatic ring is 1. The molecule has 0 aliphatic rings. The van der Waals surface area contributed by atoms with E-state index in [0.29, 0.717) is 11.6 Å². The van der Waals surface area contributed by atoms with Crippen molar-refractivity contribution in [3.8, 4) is 5.75 Å². The predicted octanol–water partition coefficient (Wildman–Crippen LogP) is 0.797. The number of carbonyl (C=O) groups is 1. The van der Waals surface area contributed by atoms with Gasteiger partial charge in [-0.3, -0.25) is 4.79 Å². The Hall–Kier alpha value is -2.04. The van der Waals surface area contributed by atoms with Gasteiger partial charge in [-0.15, -0.1) is 0 Å². The Morgan fingerprint density at radius 2 is 2.43 bits per heavy atom. The van der Waals surface area contributed by atoms with Gasteiger partial charge in [0.1, 0.15) is 5.82 Å². The molecule has 14 heavy (non-hydrogen) atoms. The lowest BCUT2D eigenvalue weighted by molar-refractivity contribution is -0.111. The number of anilines is 2. The van der Waals surface area contributed by atoms with Crippen molar-refractivity contribution in [2.75, 3.05) is 18.2 Å². The second-order valence-electron chi connectivity index (χ2n) is 2.48. The van der Waals surface area contributed by atoms with Crippen molar-refractivity contribution in [1.29, 1.82) is 0 Å². The molecule has 0 saturated heterocycles. The Morgan fingerprint density at radius 3 is 2.93 bits per heavy atom. The molecule has 0 spiro atoms. The van der Waals surface area contributed by atoms with E-state index in [1.165, 1.54) is 7.11 Å². The van der Waals surface area contributed by atoms with E-state index in [2.05, 4.69) is 16.9 Å². The highest BCUT2D eigenvalue weighted by molar-refractivity contribution is 5.98. The molecule has 1 aromatic heterocycles. The largest absolute Gasteiger partial charge is 0.493 e. The fraction of sp³-hybridized carbons (Fsp3) is 0.111. The lowest BCUT2D eigenvalue weighted by atomic mass is 10.4. The van der Waals surface area contributed by atoms with E-state index in [-0.39, 0.29) is 11.7 Å². The van der Waals surface area contributed by atoms with Crippen LogP contribution in [-0.4, -0.2) is 18.0 Å². The van der Waals surface area contributed by atoms with Crippen molar-refractivity contribution < 1.29 is 9.53 Å². The van der Waals surface area contributed by atoms with Crippen molar-refractivity contribution in [2.24, 2.45) is 0 Å². The maximum absolute atomic E-state index is 10.9. The first kappa shape index (κ1) is 10.0. The summed E-state index contributed by atoms with van der Waals surface area (Å²) in [5, 5.41) is 2.48. The maximum atomic E-state index is 10.9. The Bertz CT molecular complexity index is 363. The van der Waals surface area contributed by atoms with Crippen LogP contribution in [0, 0.1) is 0 Å². The minimum atomic E-state index is -0.331. The molecule has 0 aliphatic heterocycles. The van der Waals surface area contributed by atoms with Gasteiger partial charge in [-0.05, 0) is 18.2 Å². The summed E-state index contributed by atoms with van der Waals surface area (Å²) in [4.78, 5) is 14.8. The van der Waals surface area contributed by atoms with Gasteiger partial charge >= 0.3 is 0 Å². The van der Waals surface area contributed by atoms with Crippen LogP contribution in [0.2, 0.25) is 0 Å². The molecule has 1 heterocycles. The number of nitrogens with one attached hydrogen (secondary N) is 1. The molecular weight excluding hydrogens is 182 g/mol. The first-order valence-corrected chi connectivity index (χ1v) is 3.91. The second kappa shape index (κ2) is 4.27. The maximum Gasteiger partial charge on any atom is 0.248 e. The van der Waals surface area contributed by atoms with Gasteiger partial charge in [-0.2, -0.15) is 0 Å². The number of ether oxygens (including phenoxy) is 1. The Labute approximate surface area is 81.6 Å². The number of nitrogens with two attached hydrogens (primary N) is 1. The minimum absolute atomic E-state index is 0.231. The first-order chi connectivity index (χ1) is 6.67. The third-order valence-electron chi connectivity index (χ3n) is 1.54. The van der Waals surface area contributed by atoms with Gasteiger partial charge in [0.05, 0.1) is 7.11 Å². The molecule has 0 fully saturated rings. The summed E-state index contributed by atoms with van der Waals surface area (Å²) in [6, 6.07) is 3.22. The van der Waals surface area contributed by atoms with E-state index in [1.807, 2.05) is 0 Å². The monoisotopic (exact) mass is 193 g/mol. The van der Waals surface area contributed by atoms with Gasteiger partial charge in [0.2, 0.25) is 5.91 Å². The quantitative estimate of drug-likeness (QED) is 0.696. The van der Waals surface area contributed by atoms with Gasteiger partial charge < -0.3 is 15.8 Å². The average molecular weight is 193 g/mol. The molecule has 1 amide bonds. The highest BCUT2D eigenvalue weighted by Gasteiger charge is 2.03. The normalized spacial score (nSPS) is 9.21. The Morgan fingerprint density at radius 1 is 1.71 bits per heavy atom. The van der Waals surface area contributed by atoms with Gasteiger partial charge in [0, 0.05) is 0 Å². The lowest BCUT2D eigenvalue weighted by Gasteiger charge is -2.05. The van der Waals surface area contributed by atoms with E-state index in [1.54, 1.807) is 12.1 Å². The number of aromatic nitrogens is 1. The zero-order valence-corrected chi connectivity index (χ0v) is 7.78. The molecule has 1 rings (SSSR count). The zero-order chi connectivity index (χ0) is 10.6. The van der Waals surface area contributed by atoms with Crippen molar-refractivity contribution in [2.45, 2.75) is 0 Å². The molecule has 0 bridgehead atoms. The highest BCUT2D eigenvalue weighted by atomic mass is 16.5. The summed E-state index contributed by atoms with van der Waals surface area (Å²) in [6.07, 6.45) is 1.15. The van der Waals surface area contributed by atoms with Crippen LogP contribution < -0.4 is 15.8 Å². The molecule has 3 N–H and O–H groups in total. The first-order valence-electron chi connectivity index (χ1n) is 3.91. The summed E-state index contributed by atoms with van der Waals surface area (Å²) in [6.45, 7) is 3.32. The topological polar surface area (TPSA) is 77.2 Å². The van der Waals surface area contributed by atoms with Crippen LogP contribution in [-0.2, 0) is 4.79 Å². The van der Waals surface area contributed by atoms with Gasteiger partial charge in [-0.1, -0.05) is 6.58 Å². The summed E-state index contributed by atoms with van der Waals surface area (Å²) >= 11 is 0. The zero-order valence-electron chi connectivity index (χ0n) is 7.78. The molecule has 0 aromatic carbocycles. The molecule has 0 atom stereocenters. The summed E-state index contributed by atoms with van der Waals surface area (Å²) in [5.74, 6) is 0.742. The van der Waals surface area contributed by atoms with Crippen LogP contribution >= 0.6 is 0 Å². The van der Waals surface area contributed by atoms with Crippen LogP contribution in [0.3, 0.4) is 0 Å². The van der Waals surface area contributed by atoms with Crippen LogP contribution in [0.25, 0.3) is 0 Å². The van der Waals surface area contributed by atoms with Crippen LogP contribution in [0.1, 0.15) is 0 Å². The number of rotatable bonds is 3. The lowest BCUT2D eigenvalue weighted by Crippen LogP contribution is -2.09. The molecule has 0 saturated carbocycles. The molecule has 0 radical (unpaired) electrons. The summed E-state index contributed by atoms with van der Waals surface area (Å²) < 4.78 is 4.91. The van der Waals surface area contributed by atoms with E-state index < -0.39 is 0 Å². The minimum Gasteiger partial charge on any atom is -0.493 e. The summed E-state index contributed by atoms with van der Waals surface area (Å²) in [7, 11) is 1.50. The third kappa shape index (κ3) is 2.22. The van der Waals surface area contributed by atoms with Crippen LogP contribution in [0.5, 0.6) is 5.75 Å². The number of methoxy groups -OCH3 is 1. The van der Waals surface area contributed by atoms with Crippen molar-refractivity contribution >= 4 is 17.5 Å². The fourth-order valence-electron chi connectivity index (χ4n) is 0.882. The van der Waals surface area contributed by atoms with Gasteiger partial charge in [-0.25, -0.2) is 4.98 Å². The number of hydrogen-bond donors (Lipinski definition) is 2. The molecule has 0 aliphatic carbocycles. The van der Waals surface area contributed by atoms with E-state index in [4.69, 9.17) is 10.5 Å². The van der Waals surface area contributed by atoms with E-state index in [9.17, 15) is 4.79 Å². The Kier molecular flexibility index (Phi) is 3.06. The predicted molar refractivity (Wildman–Crippen MR) is 54.0 cm³/mol. The van der Waals surface area contributed by atoms with Crippen molar-refractivity contribution in [3.05, 3.63) is 24.8 Å². The molecule has 1 aromatic rings. The molecule has 74 valence electrons. The second-order valence-corrected chi connectivity index (χ2v) is 2.48. The number of nitrogens with zero attached hydrogens (tertiary/aromatic N) is 1. The highest BCUT2D eigenvalue weighted by Crippen LogP contribution is 2.20. The van der Waals surface area contributed by atoms with Gasteiger partial charge in [0.25, 0.3) is 0 Å². The number of pyridine rings is 1. The molecular formula is C9H11N3O2. The number of hydrogen-bond acceptors (Lipinski definition) is 4. The van der Waals surface area contributed by atoms with E-state index in [0.717, 1.165) is 6.08 Å². The van der Waals surface area contributed by atoms with Crippen LogP contribution in [0.4, 0.5) is 11.6 Å². The molecule has 0 unspecified atom stereocenters.